The molecule has 0 nitrogen and oxygen atoms in total. The van der Waals surface area contributed by atoms with Crippen molar-refractivity contribution >= 4 is 0 Å². The summed E-state index contributed by atoms with van der Waals surface area (Å²) in [6, 6.07) is 15.4. The van der Waals surface area contributed by atoms with Crippen LogP contribution in [-0.2, 0) is 6.42 Å². The maximum Gasteiger partial charge on any atom is 0.131 e. The fourth-order valence-corrected chi connectivity index (χ4v) is 3.65. The first-order chi connectivity index (χ1) is 14.1. The average molecular weight is 396 g/mol. The van der Waals surface area contributed by atoms with Crippen molar-refractivity contribution < 1.29 is 13.2 Å². The standard InChI is InChI=1S/C26H27F3/c1-2-3-4-5-6-7-8-19-9-11-20(12-10-19)24-17-21(27)13-15-23(24)25-18-22(28)14-16-26(25)29/h9-18H,2-8H2,1H3. The molecule has 3 aromatic rings. The predicted molar refractivity (Wildman–Crippen MR) is 114 cm³/mol. The molecule has 0 aliphatic rings. The summed E-state index contributed by atoms with van der Waals surface area (Å²) in [5.41, 5.74) is 3.19. The Bertz CT molecular complexity index is 929. The molecule has 3 rings (SSSR count). The Morgan fingerprint density at radius 2 is 1.21 bits per heavy atom. The molecule has 0 spiro atoms. The first-order valence-corrected chi connectivity index (χ1v) is 10.4. The van der Waals surface area contributed by atoms with Crippen molar-refractivity contribution in [3.8, 4) is 22.3 Å². The van der Waals surface area contributed by atoms with Gasteiger partial charge in [-0.2, -0.15) is 0 Å². The van der Waals surface area contributed by atoms with Gasteiger partial charge in [0.15, 0.2) is 0 Å². The Labute approximate surface area is 171 Å². The molecule has 0 unspecified atom stereocenters. The topological polar surface area (TPSA) is 0 Å². The number of hydrogen-bond acceptors (Lipinski definition) is 0. The monoisotopic (exact) mass is 396 g/mol. The second-order valence-electron chi connectivity index (χ2n) is 7.53. The van der Waals surface area contributed by atoms with Crippen molar-refractivity contribution in [3.05, 3.63) is 83.7 Å². The maximum absolute atomic E-state index is 14.3. The van der Waals surface area contributed by atoms with Gasteiger partial charge in [0.2, 0.25) is 0 Å². The van der Waals surface area contributed by atoms with E-state index in [0.717, 1.165) is 36.6 Å². The molecule has 0 N–H and O–H groups in total. The molecule has 0 saturated carbocycles. The van der Waals surface area contributed by atoms with Gasteiger partial charge >= 0.3 is 0 Å². The van der Waals surface area contributed by atoms with Gasteiger partial charge in [-0.05, 0) is 65.4 Å². The zero-order valence-corrected chi connectivity index (χ0v) is 16.9. The summed E-state index contributed by atoms with van der Waals surface area (Å²) in [5.74, 6) is -1.46. The van der Waals surface area contributed by atoms with Gasteiger partial charge in [0.1, 0.15) is 17.5 Å². The minimum atomic E-state index is -0.529. The van der Waals surface area contributed by atoms with E-state index in [9.17, 15) is 13.2 Å². The van der Waals surface area contributed by atoms with Crippen LogP contribution < -0.4 is 0 Å². The second-order valence-corrected chi connectivity index (χ2v) is 7.53. The number of benzene rings is 3. The van der Waals surface area contributed by atoms with Crippen LogP contribution in [0.1, 0.15) is 51.0 Å². The summed E-state index contributed by atoms with van der Waals surface area (Å²) in [6.07, 6.45) is 8.53. The summed E-state index contributed by atoms with van der Waals surface area (Å²) >= 11 is 0. The molecule has 152 valence electrons. The largest absolute Gasteiger partial charge is 0.207 e. The number of aryl methyl sites for hydroxylation is 1. The van der Waals surface area contributed by atoms with Crippen molar-refractivity contribution in [3.63, 3.8) is 0 Å². The molecule has 0 heterocycles. The van der Waals surface area contributed by atoms with E-state index in [0.29, 0.717) is 11.1 Å². The van der Waals surface area contributed by atoms with E-state index in [-0.39, 0.29) is 5.56 Å². The van der Waals surface area contributed by atoms with Gasteiger partial charge < -0.3 is 0 Å². The number of unbranched alkanes of at least 4 members (excludes halogenated alkanes) is 5. The van der Waals surface area contributed by atoms with Gasteiger partial charge in [-0.3, -0.25) is 0 Å². The van der Waals surface area contributed by atoms with E-state index < -0.39 is 17.5 Å². The first kappa shape index (κ1) is 21.2. The lowest BCUT2D eigenvalue weighted by molar-refractivity contribution is 0.603. The van der Waals surface area contributed by atoms with Crippen molar-refractivity contribution in [1.82, 2.24) is 0 Å². The van der Waals surface area contributed by atoms with Crippen molar-refractivity contribution in [2.45, 2.75) is 51.9 Å². The van der Waals surface area contributed by atoms with Crippen molar-refractivity contribution in [1.29, 1.82) is 0 Å². The van der Waals surface area contributed by atoms with Crippen LogP contribution in [0, 0.1) is 17.5 Å². The zero-order valence-electron chi connectivity index (χ0n) is 16.9. The normalized spacial score (nSPS) is 11.0. The van der Waals surface area contributed by atoms with Gasteiger partial charge in [-0.15, -0.1) is 0 Å². The van der Waals surface area contributed by atoms with E-state index in [1.807, 2.05) is 24.3 Å². The lowest BCUT2D eigenvalue weighted by Gasteiger charge is -2.12. The highest BCUT2D eigenvalue weighted by atomic mass is 19.1. The van der Waals surface area contributed by atoms with Gasteiger partial charge in [-0.25, -0.2) is 13.2 Å². The second kappa shape index (κ2) is 10.3. The summed E-state index contributed by atoms with van der Waals surface area (Å²) in [7, 11) is 0. The van der Waals surface area contributed by atoms with E-state index in [2.05, 4.69) is 6.92 Å². The molecule has 0 aromatic heterocycles. The zero-order chi connectivity index (χ0) is 20.6. The van der Waals surface area contributed by atoms with Crippen LogP contribution in [0.25, 0.3) is 22.3 Å². The van der Waals surface area contributed by atoms with E-state index in [4.69, 9.17) is 0 Å². The molecular weight excluding hydrogens is 369 g/mol. The lowest BCUT2D eigenvalue weighted by atomic mass is 9.93. The third kappa shape index (κ3) is 5.72. The fraction of sp³-hybridized carbons (Fsp3) is 0.308. The third-order valence-corrected chi connectivity index (χ3v) is 5.28. The van der Waals surface area contributed by atoms with Crippen LogP contribution in [0.4, 0.5) is 13.2 Å². The number of hydrogen-bond donors (Lipinski definition) is 0. The Morgan fingerprint density at radius 1 is 0.586 bits per heavy atom. The fourth-order valence-electron chi connectivity index (χ4n) is 3.65. The summed E-state index contributed by atoms with van der Waals surface area (Å²) < 4.78 is 41.9. The maximum atomic E-state index is 14.3. The highest BCUT2D eigenvalue weighted by molar-refractivity contribution is 5.83. The van der Waals surface area contributed by atoms with Crippen LogP contribution in [-0.4, -0.2) is 0 Å². The van der Waals surface area contributed by atoms with E-state index in [1.165, 1.54) is 55.9 Å². The summed E-state index contributed by atoms with van der Waals surface area (Å²) in [6.45, 7) is 2.22. The Balaban J connectivity index is 1.78. The molecule has 3 aromatic carbocycles. The highest BCUT2D eigenvalue weighted by Gasteiger charge is 2.13. The SMILES string of the molecule is CCCCCCCCc1ccc(-c2cc(F)ccc2-c2cc(F)ccc2F)cc1. The predicted octanol–water partition coefficient (Wildman–Crippen LogP) is 8.34. The van der Waals surface area contributed by atoms with Crippen molar-refractivity contribution in [2.24, 2.45) is 0 Å². The molecule has 0 aliphatic heterocycles. The Morgan fingerprint density at radius 3 is 1.93 bits per heavy atom. The van der Waals surface area contributed by atoms with Crippen LogP contribution in [0.15, 0.2) is 60.7 Å². The molecule has 29 heavy (non-hydrogen) atoms. The molecule has 0 fully saturated rings. The molecular formula is C26H27F3. The molecule has 0 radical (unpaired) electrons. The molecule has 0 bridgehead atoms. The third-order valence-electron chi connectivity index (χ3n) is 5.28. The highest BCUT2D eigenvalue weighted by Crippen LogP contribution is 2.34. The molecule has 0 aliphatic carbocycles. The average Bonchev–Trinajstić information content (AvgIpc) is 2.73. The molecule has 0 amide bonds. The van der Waals surface area contributed by atoms with Crippen LogP contribution >= 0.6 is 0 Å². The van der Waals surface area contributed by atoms with Crippen LogP contribution in [0.5, 0.6) is 0 Å². The summed E-state index contributed by atoms with van der Waals surface area (Å²) in [4.78, 5) is 0. The lowest BCUT2D eigenvalue weighted by Crippen LogP contribution is -1.92. The van der Waals surface area contributed by atoms with Crippen LogP contribution in [0.3, 0.4) is 0 Å². The van der Waals surface area contributed by atoms with Gasteiger partial charge in [-0.1, -0.05) is 69.4 Å². The Hall–Kier alpha value is -2.55. The van der Waals surface area contributed by atoms with Crippen molar-refractivity contribution in [2.75, 3.05) is 0 Å². The quantitative estimate of drug-likeness (QED) is 0.319. The number of rotatable bonds is 9. The molecule has 3 heteroatoms. The van der Waals surface area contributed by atoms with Gasteiger partial charge in [0.25, 0.3) is 0 Å². The molecule has 0 saturated heterocycles. The summed E-state index contributed by atoms with van der Waals surface area (Å²) in [5, 5.41) is 0. The van der Waals surface area contributed by atoms with Gasteiger partial charge in [0, 0.05) is 5.56 Å². The minimum absolute atomic E-state index is 0.135. The Kier molecular flexibility index (Phi) is 7.51. The first-order valence-electron chi connectivity index (χ1n) is 10.4. The van der Waals surface area contributed by atoms with E-state index >= 15 is 0 Å². The van der Waals surface area contributed by atoms with Crippen LogP contribution in [0.2, 0.25) is 0 Å². The minimum Gasteiger partial charge on any atom is -0.207 e. The smallest absolute Gasteiger partial charge is 0.131 e. The number of halogens is 3. The van der Waals surface area contributed by atoms with Gasteiger partial charge in [0.05, 0.1) is 0 Å². The van der Waals surface area contributed by atoms with E-state index in [1.54, 1.807) is 0 Å². The molecule has 0 atom stereocenters.